The maximum atomic E-state index is 12.4. The number of imidazole rings is 1. The molecule has 0 spiro atoms. The number of carbonyl (C=O) groups excluding carboxylic acids is 1. The highest BCUT2D eigenvalue weighted by Gasteiger charge is 2.22. The first kappa shape index (κ1) is 19.5. The molecular weight excluding hydrogens is 370 g/mol. The van der Waals surface area contributed by atoms with E-state index in [1.807, 2.05) is 4.90 Å². The smallest absolute Gasteiger partial charge is 0.279 e. The fraction of sp³-hybridized carbons (Fsp3) is 0.353. The van der Waals surface area contributed by atoms with Gasteiger partial charge in [0.2, 0.25) is 5.91 Å². The molecule has 0 saturated carbocycles. The molecule has 0 bridgehead atoms. The van der Waals surface area contributed by atoms with Crippen LogP contribution in [0, 0.1) is 5.41 Å². The number of H-pyrrole nitrogens is 1. The fourth-order valence-corrected chi connectivity index (χ4v) is 2.87. The first-order valence-corrected chi connectivity index (χ1v) is 8.61. The largest absolute Gasteiger partial charge is 0.370 e. The molecule has 1 fully saturated rings. The van der Waals surface area contributed by atoms with Crippen LogP contribution in [0.5, 0.6) is 0 Å². The summed E-state index contributed by atoms with van der Waals surface area (Å²) in [5.41, 5.74) is 5.67. The van der Waals surface area contributed by atoms with E-state index in [4.69, 9.17) is 11.1 Å². The minimum Gasteiger partial charge on any atom is -0.370 e. The molecule has 2 aromatic heterocycles. The number of primary amides is 1. The number of piperazine rings is 1. The van der Waals surface area contributed by atoms with E-state index in [-0.39, 0.29) is 18.4 Å². The SMILES string of the molecule is N=C(/C=C\c1ncc(-c2cc(N3CCNC(CC(N)=O)C3)ncn2)[nH]1)C(F)F. The van der Waals surface area contributed by atoms with Crippen LogP contribution in [0.1, 0.15) is 12.2 Å². The van der Waals surface area contributed by atoms with Crippen molar-refractivity contribution in [2.45, 2.75) is 18.9 Å². The predicted octanol–water partition coefficient (Wildman–Crippen LogP) is 0.818. The Hall–Kier alpha value is -3.21. The van der Waals surface area contributed by atoms with Gasteiger partial charge in [-0.2, -0.15) is 0 Å². The number of allylic oxidation sites excluding steroid dienone is 1. The molecule has 11 heteroatoms. The summed E-state index contributed by atoms with van der Waals surface area (Å²) in [6.07, 6.45) is 2.69. The molecule has 0 aromatic carbocycles. The highest BCUT2D eigenvalue weighted by atomic mass is 19.3. The number of nitrogens with one attached hydrogen (secondary N) is 3. The molecule has 1 saturated heterocycles. The molecule has 0 radical (unpaired) electrons. The fourth-order valence-electron chi connectivity index (χ4n) is 2.87. The van der Waals surface area contributed by atoms with Gasteiger partial charge >= 0.3 is 0 Å². The third-order valence-electron chi connectivity index (χ3n) is 4.21. The van der Waals surface area contributed by atoms with Gasteiger partial charge in [0.25, 0.3) is 6.43 Å². The summed E-state index contributed by atoms with van der Waals surface area (Å²) in [6.45, 7) is 2.01. The van der Waals surface area contributed by atoms with Gasteiger partial charge in [-0.05, 0) is 12.2 Å². The number of nitrogens with zero attached hydrogens (tertiary/aromatic N) is 4. The van der Waals surface area contributed by atoms with Gasteiger partial charge in [-0.15, -0.1) is 0 Å². The van der Waals surface area contributed by atoms with Crippen molar-refractivity contribution in [3.63, 3.8) is 0 Å². The lowest BCUT2D eigenvalue weighted by molar-refractivity contribution is -0.118. The van der Waals surface area contributed by atoms with Gasteiger partial charge in [0, 0.05) is 38.2 Å². The maximum Gasteiger partial charge on any atom is 0.279 e. The minimum atomic E-state index is -2.83. The molecule has 1 aliphatic heterocycles. The third kappa shape index (κ3) is 4.94. The lowest BCUT2D eigenvalue weighted by Crippen LogP contribution is -2.52. The first-order valence-electron chi connectivity index (χ1n) is 8.61. The van der Waals surface area contributed by atoms with Crippen LogP contribution >= 0.6 is 0 Å². The number of halogens is 2. The Morgan fingerprint density at radius 2 is 2.25 bits per heavy atom. The monoisotopic (exact) mass is 390 g/mol. The number of rotatable bonds is 7. The Labute approximate surface area is 159 Å². The van der Waals surface area contributed by atoms with Gasteiger partial charge in [0.15, 0.2) is 0 Å². The highest BCUT2D eigenvalue weighted by molar-refractivity contribution is 5.97. The number of aromatic amines is 1. The average Bonchev–Trinajstić information content (AvgIpc) is 3.15. The second-order valence-electron chi connectivity index (χ2n) is 6.30. The maximum absolute atomic E-state index is 12.4. The molecule has 3 rings (SSSR count). The number of hydrogen-bond acceptors (Lipinski definition) is 7. The molecule has 1 atom stereocenters. The molecule has 3 heterocycles. The summed E-state index contributed by atoms with van der Waals surface area (Å²) in [5.74, 6) is 0.678. The van der Waals surface area contributed by atoms with E-state index < -0.39 is 12.1 Å². The van der Waals surface area contributed by atoms with Gasteiger partial charge in [-0.25, -0.2) is 23.7 Å². The Balaban J connectivity index is 1.73. The number of anilines is 1. The van der Waals surface area contributed by atoms with E-state index in [2.05, 4.69) is 25.3 Å². The standard InChI is InChI=1S/C17H20F2N8O/c18-17(19)11(20)1-2-15-23-7-13(26-15)12-6-16(25-9-24-12)27-4-3-22-10(8-27)5-14(21)28/h1-2,6-7,9-10,17,20,22H,3-5,8H2,(H2,21,28)(H,23,26)/b2-1-,20-11?. The average molecular weight is 390 g/mol. The summed E-state index contributed by atoms with van der Waals surface area (Å²) in [4.78, 5) is 28.8. The van der Waals surface area contributed by atoms with E-state index in [0.29, 0.717) is 36.1 Å². The normalized spacial score (nSPS) is 17.4. The zero-order valence-corrected chi connectivity index (χ0v) is 14.9. The van der Waals surface area contributed by atoms with Gasteiger partial charge in [0.05, 0.1) is 23.3 Å². The van der Waals surface area contributed by atoms with Crippen LogP contribution in [0.25, 0.3) is 17.5 Å². The minimum absolute atomic E-state index is 0.0429. The van der Waals surface area contributed by atoms with E-state index >= 15 is 0 Å². The Bertz CT molecular complexity index is 882. The summed E-state index contributed by atoms with van der Waals surface area (Å²) in [7, 11) is 0. The zero-order chi connectivity index (χ0) is 20.1. The van der Waals surface area contributed by atoms with Crippen molar-refractivity contribution in [3.8, 4) is 11.4 Å². The molecule has 0 aliphatic carbocycles. The van der Waals surface area contributed by atoms with Crippen LogP contribution in [-0.2, 0) is 4.79 Å². The molecule has 1 aliphatic rings. The van der Waals surface area contributed by atoms with Gasteiger partial charge in [-0.3, -0.25) is 10.2 Å². The second-order valence-corrected chi connectivity index (χ2v) is 6.30. The summed E-state index contributed by atoms with van der Waals surface area (Å²) in [6, 6.07) is 1.74. The van der Waals surface area contributed by atoms with E-state index in [9.17, 15) is 13.6 Å². The zero-order valence-electron chi connectivity index (χ0n) is 14.9. The number of alkyl halides is 2. The molecule has 148 valence electrons. The summed E-state index contributed by atoms with van der Waals surface area (Å²) >= 11 is 0. The van der Waals surface area contributed by atoms with Crippen LogP contribution in [0.2, 0.25) is 0 Å². The van der Waals surface area contributed by atoms with Crippen molar-refractivity contribution < 1.29 is 13.6 Å². The van der Waals surface area contributed by atoms with Crippen LogP contribution in [0.15, 0.2) is 24.7 Å². The van der Waals surface area contributed by atoms with Crippen molar-refractivity contribution in [2.75, 3.05) is 24.5 Å². The Kier molecular flexibility index (Phi) is 6.04. The molecule has 2 aromatic rings. The number of aromatic nitrogens is 4. The number of hydrogen-bond donors (Lipinski definition) is 4. The van der Waals surface area contributed by atoms with Crippen molar-refractivity contribution >= 4 is 23.5 Å². The lowest BCUT2D eigenvalue weighted by Gasteiger charge is -2.34. The quantitative estimate of drug-likeness (QED) is 0.517. The van der Waals surface area contributed by atoms with Crippen molar-refractivity contribution in [1.29, 1.82) is 5.41 Å². The Morgan fingerprint density at radius 1 is 1.43 bits per heavy atom. The second kappa shape index (κ2) is 8.65. The summed E-state index contributed by atoms with van der Waals surface area (Å²) in [5, 5.41) is 10.4. The number of amides is 1. The molecular formula is C17H20F2N8O. The van der Waals surface area contributed by atoms with Crippen molar-refractivity contribution in [1.82, 2.24) is 25.3 Å². The van der Waals surface area contributed by atoms with Crippen LogP contribution in [-0.4, -0.2) is 63.7 Å². The lowest BCUT2D eigenvalue weighted by atomic mass is 10.1. The van der Waals surface area contributed by atoms with Crippen LogP contribution in [0.4, 0.5) is 14.6 Å². The van der Waals surface area contributed by atoms with Crippen LogP contribution < -0.4 is 16.0 Å². The topological polar surface area (TPSA) is 137 Å². The first-order chi connectivity index (χ1) is 13.4. The van der Waals surface area contributed by atoms with Crippen molar-refractivity contribution in [3.05, 3.63) is 30.5 Å². The van der Waals surface area contributed by atoms with Gasteiger partial charge in [0.1, 0.15) is 18.0 Å². The van der Waals surface area contributed by atoms with Gasteiger partial charge < -0.3 is 20.9 Å². The third-order valence-corrected chi connectivity index (χ3v) is 4.21. The molecule has 1 amide bonds. The number of carbonyl (C=O) groups is 1. The molecule has 9 nitrogen and oxygen atoms in total. The van der Waals surface area contributed by atoms with E-state index in [1.54, 1.807) is 6.07 Å². The predicted molar refractivity (Wildman–Crippen MR) is 100 cm³/mol. The summed E-state index contributed by atoms with van der Waals surface area (Å²) < 4.78 is 24.7. The van der Waals surface area contributed by atoms with E-state index in [1.165, 1.54) is 18.6 Å². The molecule has 1 unspecified atom stereocenters. The van der Waals surface area contributed by atoms with Crippen LogP contribution in [0.3, 0.4) is 0 Å². The Morgan fingerprint density at radius 3 is 3.00 bits per heavy atom. The highest BCUT2D eigenvalue weighted by Crippen LogP contribution is 2.21. The van der Waals surface area contributed by atoms with E-state index in [0.717, 1.165) is 12.6 Å². The molecule has 5 N–H and O–H groups in total. The number of nitrogens with two attached hydrogens (primary N) is 1. The molecule has 28 heavy (non-hydrogen) atoms. The van der Waals surface area contributed by atoms with Crippen molar-refractivity contribution in [2.24, 2.45) is 5.73 Å². The van der Waals surface area contributed by atoms with Gasteiger partial charge in [-0.1, -0.05) is 0 Å².